The largest absolute Gasteiger partial charge is 0.497 e. The third-order valence-corrected chi connectivity index (χ3v) is 7.14. The van der Waals surface area contributed by atoms with Gasteiger partial charge < -0.3 is 20.1 Å². The Morgan fingerprint density at radius 1 is 1.17 bits per heavy atom. The Kier molecular flexibility index (Phi) is 7.35. The molecule has 35 heavy (non-hydrogen) atoms. The zero-order chi connectivity index (χ0) is 25.1. The van der Waals surface area contributed by atoms with Crippen molar-refractivity contribution in [1.82, 2.24) is 14.8 Å². The summed E-state index contributed by atoms with van der Waals surface area (Å²) in [6.45, 7) is 8.04. The highest BCUT2D eigenvalue weighted by Gasteiger charge is 2.36. The molecule has 0 radical (unpaired) electrons. The van der Waals surface area contributed by atoms with E-state index in [4.69, 9.17) is 14.6 Å². The predicted octanol–water partition coefficient (Wildman–Crippen LogP) is 5.34. The first-order valence-electron chi connectivity index (χ1n) is 11.5. The quantitative estimate of drug-likeness (QED) is 0.409. The molecule has 0 aliphatic carbocycles. The van der Waals surface area contributed by atoms with E-state index in [0.717, 1.165) is 34.6 Å². The molecule has 1 aliphatic heterocycles. The third-order valence-electron chi connectivity index (χ3n) is 6.10. The minimum absolute atomic E-state index is 0.213. The molecule has 2 heterocycles. The fraction of sp³-hybridized carbons (Fsp3) is 0.346. The van der Waals surface area contributed by atoms with Crippen LogP contribution in [0.25, 0.3) is 0 Å². The van der Waals surface area contributed by atoms with Crippen LogP contribution >= 0.6 is 11.8 Å². The van der Waals surface area contributed by atoms with Crippen LogP contribution in [0.4, 0.5) is 11.6 Å². The van der Waals surface area contributed by atoms with Gasteiger partial charge in [-0.1, -0.05) is 30.8 Å². The number of carbonyl (C=O) groups is 1. The lowest BCUT2D eigenvalue weighted by Crippen LogP contribution is -2.32. The van der Waals surface area contributed by atoms with Gasteiger partial charge in [0.15, 0.2) is 0 Å². The van der Waals surface area contributed by atoms with Crippen molar-refractivity contribution in [2.24, 2.45) is 0 Å². The van der Waals surface area contributed by atoms with Gasteiger partial charge in [-0.25, -0.2) is 4.68 Å². The maximum absolute atomic E-state index is 13.8. The van der Waals surface area contributed by atoms with Crippen molar-refractivity contribution in [3.05, 3.63) is 64.4 Å². The van der Waals surface area contributed by atoms with E-state index in [1.54, 1.807) is 30.7 Å². The molecule has 4 rings (SSSR count). The first-order chi connectivity index (χ1) is 16.9. The third kappa shape index (κ3) is 4.86. The molecule has 2 N–H and O–H groups in total. The molecule has 0 saturated heterocycles. The van der Waals surface area contributed by atoms with Crippen LogP contribution in [0.5, 0.6) is 11.5 Å². The fourth-order valence-corrected chi connectivity index (χ4v) is 4.77. The molecule has 9 heteroatoms. The average molecular weight is 494 g/mol. The van der Waals surface area contributed by atoms with Crippen molar-refractivity contribution in [1.29, 1.82) is 0 Å². The summed E-state index contributed by atoms with van der Waals surface area (Å²) in [5, 5.41) is 11.8. The van der Waals surface area contributed by atoms with Crippen LogP contribution in [0.15, 0.2) is 52.8 Å². The number of benzene rings is 2. The first-order valence-corrected chi connectivity index (χ1v) is 12.5. The minimum atomic E-state index is -0.541. The number of aromatic nitrogens is 3. The van der Waals surface area contributed by atoms with E-state index in [-0.39, 0.29) is 5.91 Å². The van der Waals surface area contributed by atoms with Gasteiger partial charge in [-0.2, -0.15) is 4.98 Å². The molecule has 0 spiro atoms. The second-order valence-electron chi connectivity index (χ2n) is 8.39. The lowest BCUT2D eigenvalue weighted by molar-refractivity contribution is -0.113. The molecule has 0 saturated carbocycles. The molecule has 1 aromatic heterocycles. The van der Waals surface area contributed by atoms with E-state index in [1.165, 1.54) is 0 Å². The first kappa shape index (κ1) is 24.7. The summed E-state index contributed by atoms with van der Waals surface area (Å²) in [4.78, 5) is 18.5. The number of thioether (sulfide) groups is 1. The van der Waals surface area contributed by atoms with Crippen molar-refractivity contribution < 1.29 is 14.3 Å². The zero-order valence-corrected chi connectivity index (χ0v) is 21.7. The van der Waals surface area contributed by atoms with Crippen LogP contribution in [0.3, 0.4) is 0 Å². The number of allylic oxidation sites excluding steroid dienone is 1. The van der Waals surface area contributed by atoms with Crippen molar-refractivity contribution >= 4 is 29.3 Å². The van der Waals surface area contributed by atoms with E-state index < -0.39 is 6.04 Å². The highest BCUT2D eigenvalue weighted by molar-refractivity contribution is 7.99. The zero-order valence-electron chi connectivity index (χ0n) is 20.9. The number of carbonyl (C=O) groups excluding carboxylic acids is 1. The molecule has 1 unspecified atom stereocenters. The van der Waals surface area contributed by atoms with Gasteiger partial charge in [0.05, 0.1) is 19.8 Å². The molecule has 3 aromatic rings. The van der Waals surface area contributed by atoms with Crippen LogP contribution in [0.2, 0.25) is 0 Å². The normalized spacial score (nSPS) is 14.9. The molecule has 1 aliphatic rings. The molecule has 0 bridgehead atoms. The van der Waals surface area contributed by atoms with Crippen LogP contribution in [-0.2, 0) is 4.79 Å². The Bertz CT molecular complexity index is 1280. The number of aryl methyl sites for hydroxylation is 1. The summed E-state index contributed by atoms with van der Waals surface area (Å²) in [7, 11) is 3.22. The van der Waals surface area contributed by atoms with E-state index in [1.807, 2.05) is 57.2 Å². The Balaban J connectivity index is 1.83. The van der Waals surface area contributed by atoms with Gasteiger partial charge in [0.1, 0.15) is 17.5 Å². The number of hydrogen-bond acceptors (Lipinski definition) is 7. The van der Waals surface area contributed by atoms with E-state index in [2.05, 4.69) is 22.5 Å². The number of nitrogens with one attached hydrogen (secondary N) is 2. The molecule has 8 nitrogen and oxygen atoms in total. The highest BCUT2D eigenvalue weighted by atomic mass is 32.2. The number of anilines is 2. The summed E-state index contributed by atoms with van der Waals surface area (Å²) in [6.07, 6.45) is 1.01. The maximum Gasteiger partial charge on any atom is 0.255 e. The van der Waals surface area contributed by atoms with Gasteiger partial charge in [-0.15, -0.1) is 5.10 Å². The van der Waals surface area contributed by atoms with E-state index >= 15 is 0 Å². The van der Waals surface area contributed by atoms with Gasteiger partial charge in [-0.3, -0.25) is 4.79 Å². The molecular formula is C26H31N5O3S. The summed E-state index contributed by atoms with van der Waals surface area (Å²) >= 11 is 1.59. The van der Waals surface area contributed by atoms with Gasteiger partial charge in [0.2, 0.25) is 11.1 Å². The molecule has 1 atom stereocenters. The maximum atomic E-state index is 13.8. The van der Waals surface area contributed by atoms with E-state index in [9.17, 15) is 4.79 Å². The monoisotopic (exact) mass is 493 g/mol. The second kappa shape index (κ2) is 10.4. The Morgan fingerprint density at radius 2 is 1.97 bits per heavy atom. The number of ether oxygens (including phenoxy) is 2. The standard InChI is InChI=1S/C26H31N5O3S/c1-7-13-35-26-29-25-27-17(4)22(24(32)28-20-10-8-9-15(2)16(20)3)23(31(25)30-26)19-12-11-18(33-5)14-21(19)34-6/h8-12,14,23H,7,13H2,1-6H3,(H,28,32)(H,27,29,30). The van der Waals surface area contributed by atoms with Crippen molar-refractivity contribution in [2.75, 3.05) is 30.6 Å². The van der Waals surface area contributed by atoms with E-state index in [0.29, 0.717) is 33.9 Å². The van der Waals surface area contributed by atoms with Gasteiger partial charge >= 0.3 is 0 Å². The van der Waals surface area contributed by atoms with Crippen molar-refractivity contribution in [2.45, 2.75) is 45.3 Å². The lowest BCUT2D eigenvalue weighted by Gasteiger charge is -2.29. The fourth-order valence-electron chi connectivity index (χ4n) is 4.09. The second-order valence-corrected chi connectivity index (χ2v) is 9.45. The Labute approximate surface area is 210 Å². The van der Waals surface area contributed by atoms with Crippen LogP contribution < -0.4 is 20.1 Å². The van der Waals surface area contributed by atoms with Crippen LogP contribution in [0, 0.1) is 13.8 Å². The molecular weight excluding hydrogens is 462 g/mol. The molecule has 1 amide bonds. The number of amides is 1. The number of hydrogen-bond donors (Lipinski definition) is 2. The number of rotatable bonds is 8. The minimum Gasteiger partial charge on any atom is -0.497 e. The summed E-state index contributed by atoms with van der Waals surface area (Å²) < 4.78 is 12.9. The predicted molar refractivity (Wildman–Crippen MR) is 140 cm³/mol. The number of nitrogens with zero attached hydrogens (tertiary/aromatic N) is 3. The number of fused-ring (bicyclic) bond motifs is 1. The molecule has 184 valence electrons. The molecule has 2 aromatic carbocycles. The smallest absolute Gasteiger partial charge is 0.255 e. The highest BCUT2D eigenvalue weighted by Crippen LogP contribution is 2.41. The Hall–Kier alpha value is -3.46. The van der Waals surface area contributed by atoms with Gasteiger partial charge in [0, 0.05) is 28.8 Å². The van der Waals surface area contributed by atoms with Gasteiger partial charge in [-0.05, 0) is 56.5 Å². The summed E-state index contributed by atoms with van der Waals surface area (Å²) in [5.74, 6) is 2.56. The SMILES string of the molecule is CCCSc1nc2n(n1)C(c1ccc(OC)cc1OC)C(C(=O)Nc1cccc(C)c1C)=C(C)N2. The van der Waals surface area contributed by atoms with Crippen molar-refractivity contribution in [3.63, 3.8) is 0 Å². The topological polar surface area (TPSA) is 90.3 Å². The van der Waals surface area contributed by atoms with Crippen molar-refractivity contribution in [3.8, 4) is 11.5 Å². The summed E-state index contributed by atoms with van der Waals surface area (Å²) in [6, 6.07) is 10.9. The lowest BCUT2D eigenvalue weighted by atomic mass is 9.94. The van der Waals surface area contributed by atoms with Gasteiger partial charge in [0.25, 0.3) is 5.91 Å². The summed E-state index contributed by atoms with van der Waals surface area (Å²) in [5.41, 5.74) is 4.96. The average Bonchev–Trinajstić information content (AvgIpc) is 3.26. The van der Waals surface area contributed by atoms with Crippen LogP contribution in [0.1, 0.15) is 43.0 Å². The number of methoxy groups -OCH3 is 2. The molecule has 0 fully saturated rings. The Morgan fingerprint density at radius 3 is 2.69 bits per heavy atom. The van der Waals surface area contributed by atoms with Crippen LogP contribution in [-0.4, -0.2) is 40.6 Å².